The van der Waals surface area contributed by atoms with E-state index in [1.807, 2.05) is 6.42 Å². The Morgan fingerprint density at radius 2 is 2.05 bits per heavy atom. The van der Waals surface area contributed by atoms with Gasteiger partial charge < -0.3 is 0 Å². The van der Waals surface area contributed by atoms with Crippen molar-refractivity contribution >= 4 is 11.6 Å². The molecule has 2 rings (SSSR count). The van der Waals surface area contributed by atoms with Gasteiger partial charge in [0.1, 0.15) is 5.69 Å². The van der Waals surface area contributed by atoms with Crippen LogP contribution in [0.15, 0.2) is 12.3 Å². The number of pyridine rings is 1. The number of aryl methyl sites for hydroxylation is 1. The van der Waals surface area contributed by atoms with Crippen LogP contribution in [0.5, 0.6) is 0 Å². The van der Waals surface area contributed by atoms with Gasteiger partial charge in [-0.25, -0.2) is 9.37 Å². The highest BCUT2D eigenvalue weighted by Gasteiger charge is 2.20. The van der Waals surface area contributed by atoms with Crippen LogP contribution < -0.4 is 0 Å². The Labute approximate surface area is 123 Å². The average Bonchev–Trinajstić information content (AvgIpc) is 2.70. The van der Waals surface area contributed by atoms with Gasteiger partial charge in [0.2, 0.25) is 0 Å². The van der Waals surface area contributed by atoms with Crippen molar-refractivity contribution in [3.05, 3.63) is 35.3 Å². The molecule has 4 nitrogen and oxygen atoms in total. The normalized spacial score (nSPS) is 11.9. The van der Waals surface area contributed by atoms with Gasteiger partial charge >= 0.3 is 0 Å². The van der Waals surface area contributed by atoms with E-state index in [-0.39, 0.29) is 10.6 Å². The van der Waals surface area contributed by atoms with Gasteiger partial charge in [-0.3, -0.25) is 0 Å². The van der Waals surface area contributed by atoms with E-state index in [1.54, 1.807) is 13.1 Å². The molecule has 0 saturated heterocycles. The summed E-state index contributed by atoms with van der Waals surface area (Å²) in [6.45, 7) is 6.39. The molecular weight excluding hydrogens is 279 g/mol. The van der Waals surface area contributed by atoms with Crippen LogP contribution in [0.2, 0.25) is 5.15 Å². The molecule has 2 aromatic heterocycles. The first-order valence-electron chi connectivity index (χ1n) is 6.33. The van der Waals surface area contributed by atoms with E-state index >= 15 is 0 Å². The third kappa shape index (κ3) is 3.33. The van der Waals surface area contributed by atoms with Gasteiger partial charge in [-0.05, 0) is 17.9 Å². The zero-order valence-corrected chi connectivity index (χ0v) is 12.7. The molecule has 2 aromatic rings. The van der Waals surface area contributed by atoms with Crippen LogP contribution in [0, 0.1) is 17.7 Å². The van der Waals surface area contributed by atoms with Gasteiger partial charge in [-0.1, -0.05) is 32.4 Å². The molecule has 0 N–H and O–H groups in total. The maximum Gasteiger partial charge on any atom is 0.169 e. The number of aromatic nitrogens is 4. The SMILES string of the molecule is Cn1nc([CH]CC(C)(C)C)c(-c2ccnc(Cl)c2F)n1. The van der Waals surface area contributed by atoms with E-state index in [0.717, 1.165) is 6.42 Å². The molecule has 0 unspecified atom stereocenters. The summed E-state index contributed by atoms with van der Waals surface area (Å²) in [4.78, 5) is 5.14. The fourth-order valence-electron chi connectivity index (χ4n) is 1.75. The Kier molecular flexibility index (Phi) is 4.09. The Morgan fingerprint density at radius 1 is 1.35 bits per heavy atom. The average molecular weight is 296 g/mol. The molecular formula is C14H17ClFN4. The van der Waals surface area contributed by atoms with Crippen LogP contribution in [-0.2, 0) is 7.05 Å². The predicted octanol–water partition coefficient (Wildman–Crippen LogP) is 3.66. The van der Waals surface area contributed by atoms with Gasteiger partial charge in [-0.15, -0.1) is 0 Å². The molecule has 1 radical (unpaired) electrons. The molecule has 0 aliphatic carbocycles. The molecule has 0 aliphatic rings. The van der Waals surface area contributed by atoms with Gasteiger partial charge in [0, 0.05) is 25.2 Å². The Morgan fingerprint density at radius 3 is 2.70 bits per heavy atom. The molecule has 0 amide bonds. The molecule has 107 valence electrons. The number of hydrogen-bond donors (Lipinski definition) is 0. The summed E-state index contributed by atoms with van der Waals surface area (Å²) in [5.41, 5.74) is 1.59. The Bertz CT molecular complexity index is 616. The first-order valence-corrected chi connectivity index (χ1v) is 6.70. The van der Waals surface area contributed by atoms with Crippen LogP contribution in [-0.4, -0.2) is 20.0 Å². The third-order valence-corrected chi connectivity index (χ3v) is 3.01. The monoisotopic (exact) mass is 295 g/mol. The van der Waals surface area contributed by atoms with Crippen molar-refractivity contribution < 1.29 is 4.39 Å². The van der Waals surface area contributed by atoms with E-state index in [9.17, 15) is 4.39 Å². The predicted molar refractivity (Wildman–Crippen MR) is 76.7 cm³/mol. The maximum absolute atomic E-state index is 14.1. The summed E-state index contributed by atoms with van der Waals surface area (Å²) in [5, 5.41) is 8.35. The summed E-state index contributed by atoms with van der Waals surface area (Å²) in [7, 11) is 1.71. The lowest BCUT2D eigenvalue weighted by molar-refractivity contribution is 0.408. The standard InChI is InChI=1S/C14H17ClFN4/c1-14(2,3)7-5-10-12(19-20(4)18-10)9-6-8-17-13(15)11(9)16/h5-6,8H,7H2,1-4H3. The molecule has 0 bridgehead atoms. The summed E-state index contributed by atoms with van der Waals surface area (Å²) < 4.78 is 14.1. The molecule has 0 aromatic carbocycles. The van der Waals surface area contributed by atoms with Crippen LogP contribution in [0.3, 0.4) is 0 Å². The maximum atomic E-state index is 14.1. The van der Waals surface area contributed by atoms with Crippen LogP contribution >= 0.6 is 11.6 Å². The number of hydrogen-bond acceptors (Lipinski definition) is 3. The quantitative estimate of drug-likeness (QED) is 0.812. The second kappa shape index (κ2) is 5.48. The number of nitrogens with zero attached hydrogens (tertiary/aromatic N) is 4. The molecule has 20 heavy (non-hydrogen) atoms. The van der Waals surface area contributed by atoms with Crippen molar-refractivity contribution in [2.45, 2.75) is 27.2 Å². The lowest BCUT2D eigenvalue weighted by Gasteiger charge is -2.16. The smallest absolute Gasteiger partial charge is 0.169 e. The van der Waals surface area contributed by atoms with E-state index in [1.165, 1.54) is 11.0 Å². The van der Waals surface area contributed by atoms with Crippen molar-refractivity contribution in [1.82, 2.24) is 20.0 Å². The Balaban J connectivity index is 2.39. The molecule has 0 saturated carbocycles. The highest BCUT2D eigenvalue weighted by Crippen LogP contribution is 2.30. The third-order valence-electron chi connectivity index (χ3n) is 2.75. The summed E-state index contributed by atoms with van der Waals surface area (Å²) >= 11 is 5.72. The highest BCUT2D eigenvalue weighted by atomic mass is 35.5. The van der Waals surface area contributed by atoms with E-state index in [2.05, 4.69) is 36.0 Å². The van der Waals surface area contributed by atoms with Gasteiger partial charge in [0.05, 0.1) is 5.69 Å². The molecule has 6 heteroatoms. The van der Waals surface area contributed by atoms with Crippen LogP contribution in [0.25, 0.3) is 11.3 Å². The fraction of sp³-hybridized carbons (Fsp3) is 0.429. The van der Waals surface area contributed by atoms with Crippen LogP contribution in [0.4, 0.5) is 4.39 Å². The minimum Gasteiger partial charge on any atom is -0.242 e. The largest absolute Gasteiger partial charge is 0.242 e. The van der Waals surface area contributed by atoms with Gasteiger partial charge in [0.15, 0.2) is 11.0 Å². The highest BCUT2D eigenvalue weighted by molar-refractivity contribution is 6.29. The van der Waals surface area contributed by atoms with E-state index < -0.39 is 5.82 Å². The van der Waals surface area contributed by atoms with Crippen molar-refractivity contribution in [1.29, 1.82) is 0 Å². The zero-order chi connectivity index (χ0) is 14.9. The summed E-state index contributed by atoms with van der Waals surface area (Å²) in [5.74, 6) is -0.569. The van der Waals surface area contributed by atoms with Crippen molar-refractivity contribution in [2.24, 2.45) is 12.5 Å². The fourth-order valence-corrected chi connectivity index (χ4v) is 1.91. The van der Waals surface area contributed by atoms with Gasteiger partial charge in [0.25, 0.3) is 0 Å². The molecule has 0 atom stereocenters. The second-order valence-electron chi connectivity index (χ2n) is 5.86. The van der Waals surface area contributed by atoms with E-state index in [0.29, 0.717) is 17.0 Å². The lowest BCUT2D eigenvalue weighted by Crippen LogP contribution is -2.06. The first-order chi connectivity index (χ1) is 9.28. The molecule has 0 fully saturated rings. The van der Waals surface area contributed by atoms with Crippen molar-refractivity contribution in [3.8, 4) is 11.3 Å². The molecule has 0 aliphatic heterocycles. The summed E-state index contributed by atoms with van der Waals surface area (Å²) in [6, 6.07) is 1.56. The van der Waals surface area contributed by atoms with Crippen molar-refractivity contribution in [2.75, 3.05) is 0 Å². The van der Waals surface area contributed by atoms with E-state index in [4.69, 9.17) is 11.6 Å². The first kappa shape index (κ1) is 14.9. The van der Waals surface area contributed by atoms with Gasteiger partial charge in [-0.2, -0.15) is 15.0 Å². The lowest BCUT2D eigenvalue weighted by atomic mass is 9.89. The number of rotatable bonds is 3. The second-order valence-corrected chi connectivity index (χ2v) is 6.21. The minimum atomic E-state index is -0.569. The summed E-state index contributed by atoms with van der Waals surface area (Å²) in [6.07, 6.45) is 4.25. The molecule has 0 spiro atoms. The Hall–Kier alpha value is -1.49. The zero-order valence-electron chi connectivity index (χ0n) is 12.0. The topological polar surface area (TPSA) is 43.6 Å². The van der Waals surface area contributed by atoms with Crippen molar-refractivity contribution in [3.63, 3.8) is 0 Å². The molecule has 2 heterocycles. The number of halogens is 2. The minimum absolute atomic E-state index is 0.128. The van der Waals surface area contributed by atoms with Crippen LogP contribution in [0.1, 0.15) is 32.9 Å².